The third kappa shape index (κ3) is 5.64. The van der Waals surface area contributed by atoms with Gasteiger partial charge in [0.05, 0.1) is 25.6 Å². The zero-order valence-electron chi connectivity index (χ0n) is 9.56. The summed E-state index contributed by atoms with van der Waals surface area (Å²) in [6.45, 7) is 1.79. The molecule has 1 heterocycles. The topological polar surface area (TPSA) is 81.2 Å². The number of hydrogen-bond acceptors (Lipinski definition) is 4. The zero-order chi connectivity index (χ0) is 12.5. The van der Waals surface area contributed by atoms with Crippen LogP contribution in [0, 0.1) is 11.3 Å². The van der Waals surface area contributed by atoms with Crippen molar-refractivity contribution in [2.75, 3.05) is 13.1 Å². The molecule has 0 saturated carbocycles. The zero-order valence-corrected chi connectivity index (χ0v) is 9.56. The van der Waals surface area contributed by atoms with Crippen LogP contribution in [-0.4, -0.2) is 24.0 Å². The van der Waals surface area contributed by atoms with Gasteiger partial charge in [-0.05, 0) is 6.07 Å². The molecule has 0 fully saturated rings. The van der Waals surface area contributed by atoms with Crippen molar-refractivity contribution in [2.24, 2.45) is 0 Å². The summed E-state index contributed by atoms with van der Waals surface area (Å²) in [5, 5.41) is 19.0. The van der Waals surface area contributed by atoms with Gasteiger partial charge < -0.3 is 14.8 Å². The molecule has 1 N–H and O–H groups in total. The predicted octanol–water partition coefficient (Wildman–Crippen LogP) is -1.48. The fraction of sp³-hybridized carbons (Fsp3) is 0.417. The standard InChI is InChI=1S/C12H15N3O2/c13-5-2-7-15(8-4-12(16)17)10-11-3-1-6-14-9-11/h1,3,6,9H,2,4,7-8,10H2,(H,16,17). The Morgan fingerprint density at radius 3 is 2.94 bits per heavy atom. The number of carboxylic acids is 1. The van der Waals surface area contributed by atoms with Gasteiger partial charge in [0, 0.05) is 30.3 Å². The Balaban J connectivity index is 2.51. The molecule has 0 saturated heterocycles. The number of carbonyl (C=O) groups excluding carboxylic acids is 1. The number of carboxylic acid groups (broad SMARTS) is 1. The van der Waals surface area contributed by atoms with Crippen LogP contribution in [0.15, 0.2) is 24.5 Å². The van der Waals surface area contributed by atoms with Gasteiger partial charge in [-0.15, -0.1) is 0 Å². The van der Waals surface area contributed by atoms with Gasteiger partial charge in [-0.25, -0.2) is 0 Å². The maximum atomic E-state index is 10.4. The lowest BCUT2D eigenvalue weighted by Crippen LogP contribution is -3.10. The quantitative estimate of drug-likeness (QED) is 0.623. The van der Waals surface area contributed by atoms with Gasteiger partial charge in [-0.3, -0.25) is 4.98 Å². The summed E-state index contributed by atoms with van der Waals surface area (Å²) < 4.78 is 0. The number of carbonyl (C=O) groups is 1. The van der Waals surface area contributed by atoms with Gasteiger partial charge in [0.2, 0.25) is 0 Å². The summed E-state index contributed by atoms with van der Waals surface area (Å²) in [7, 11) is 0. The highest BCUT2D eigenvalue weighted by atomic mass is 16.4. The van der Waals surface area contributed by atoms with Crippen molar-refractivity contribution in [3.8, 4) is 6.07 Å². The van der Waals surface area contributed by atoms with Crippen molar-refractivity contribution >= 4 is 5.97 Å². The number of rotatable bonds is 7. The van der Waals surface area contributed by atoms with E-state index in [1.807, 2.05) is 12.1 Å². The van der Waals surface area contributed by atoms with Gasteiger partial charge in [0.1, 0.15) is 6.54 Å². The second kappa shape index (κ2) is 7.36. The molecule has 1 unspecified atom stereocenters. The van der Waals surface area contributed by atoms with Crippen LogP contribution in [0.2, 0.25) is 0 Å². The van der Waals surface area contributed by atoms with Crippen LogP contribution in [0.25, 0.3) is 0 Å². The highest BCUT2D eigenvalue weighted by molar-refractivity contribution is 5.64. The summed E-state index contributed by atoms with van der Waals surface area (Å²) in [6.07, 6.45) is 3.88. The van der Waals surface area contributed by atoms with Crippen molar-refractivity contribution in [3.63, 3.8) is 0 Å². The van der Waals surface area contributed by atoms with E-state index in [-0.39, 0.29) is 6.42 Å². The van der Waals surface area contributed by atoms with Crippen molar-refractivity contribution in [2.45, 2.75) is 19.4 Å². The van der Waals surface area contributed by atoms with E-state index < -0.39 is 5.97 Å². The lowest BCUT2D eigenvalue weighted by Gasteiger charge is -2.18. The number of aliphatic carboxylic acids is 1. The molecule has 5 nitrogen and oxygen atoms in total. The molecule has 0 aliphatic carbocycles. The maximum Gasteiger partial charge on any atom is 0.104 e. The summed E-state index contributed by atoms with van der Waals surface area (Å²) in [5.74, 6) is -1.05. The Bertz CT molecular complexity index is 386. The first kappa shape index (κ1) is 13.1. The molecule has 1 aromatic heterocycles. The summed E-state index contributed by atoms with van der Waals surface area (Å²) in [5.41, 5.74) is 1.04. The van der Waals surface area contributed by atoms with E-state index in [9.17, 15) is 9.90 Å². The van der Waals surface area contributed by atoms with Gasteiger partial charge in [-0.1, -0.05) is 6.07 Å². The van der Waals surface area contributed by atoms with Crippen LogP contribution >= 0.6 is 0 Å². The van der Waals surface area contributed by atoms with Crippen LogP contribution in [-0.2, 0) is 11.3 Å². The molecule has 0 aromatic carbocycles. The molecule has 1 atom stereocenters. The first-order valence-electron chi connectivity index (χ1n) is 5.51. The largest absolute Gasteiger partial charge is 0.550 e. The van der Waals surface area contributed by atoms with E-state index in [0.717, 1.165) is 10.5 Å². The lowest BCUT2D eigenvalue weighted by molar-refractivity contribution is -0.913. The average molecular weight is 233 g/mol. The second-order valence-corrected chi connectivity index (χ2v) is 3.82. The normalized spacial score (nSPS) is 11.7. The van der Waals surface area contributed by atoms with E-state index in [1.165, 1.54) is 0 Å². The van der Waals surface area contributed by atoms with Crippen molar-refractivity contribution in [1.82, 2.24) is 4.98 Å². The smallest absolute Gasteiger partial charge is 0.104 e. The molecule has 0 spiro atoms. The predicted molar refractivity (Wildman–Crippen MR) is 58.5 cm³/mol. The fourth-order valence-corrected chi connectivity index (χ4v) is 1.60. The van der Waals surface area contributed by atoms with Gasteiger partial charge in [0.25, 0.3) is 0 Å². The van der Waals surface area contributed by atoms with E-state index in [4.69, 9.17) is 5.26 Å². The Morgan fingerprint density at radius 2 is 2.35 bits per heavy atom. The molecule has 0 amide bonds. The monoisotopic (exact) mass is 233 g/mol. The Labute approximate surface area is 100 Å². The molecular weight excluding hydrogens is 218 g/mol. The van der Waals surface area contributed by atoms with Crippen LogP contribution < -0.4 is 10.0 Å². The third-order valence-corrected chi connectivity index (χ3v) is 2.45. The summed E-state index contributed by atoms with van der Waals surface area (Å²) in [4.78, 5) is 15.5. The molecule has 1 aromatic rings. The molecule has 0 bridgehead atoms. The van der Waals surface area contributed by atoms with E-state index in [1.54, 1.807) is 12.4 Å². The van der Waals surface area contributed by atoms with Crippen molar-refractivity contribution < 1.29 is 14.8 Å². The van der Waals surface area contributed by atoms with Gasteiger partial charge >= 0.3 is 0 Å². The number of hydrogen-bond donors (Lipinski definition) is 1. The Morgan fingerprint density at radius 1 is 1.53 bits per heavy atom. The van der Waals surface area contributed by atoms with E-state index in [0.29, 0.717) is 26.1 Å². The van der Waals surface area contributed by atoms with Crippen LogP contribution in [0.5, 0.6) is 0 Å². The fourth-order valence-electron chi connectivity index (χ4n) is 1.60. The van der Waals surface area contributed by atoms with Crippen LogP contribution in [0.3, 0.4) is 0 Å². The highest BCUT2D eigenvalue weighted by Gasteiger charge is 2.09. The molecule has 1 rings (SSSR count). The number of quaternary nitrogens is 1. The third-order valence-electron chi connectivity index (χ3n) is 2.45. The minimum Gasteiger partial charge on any atom is -0.550 e. The lowest BCUT2D eigenvalue weighted by atomic mass is 10.2. The SMILES string of the molecule is N#CCC[NH+](CCC(=O)[O-])Cc1cccnc1. The minimum absolute atomic E-state index is 0.0149. The first-order chi connectivity index (χ1) is 8.22. The highest BCUT2D eigenvalue weighted by Crippen LogP contribution is 1.92. The van der Waals surface area contributed by atoms with Crippen LogP contribution in [0.4, 0.5) is 0 Å². The summed E-state index contributed by atoms with van der Waals surface area (Å²) >= 11 is 0. The van der Waals surface area contributed by atoms with Crippen LogP contribution in [0.1, 0.15) is 18.4 Å². The molecule has 17 heavy (non-hydrogen) atoms. The van der Waals surface area contributed by atoms with E-state index in [2.05, 4.69) is 11.1 Å². The number of nitrogens with zero attached hydrogens (tertiary/aromatic N) is 2. The Kier molecular flexibility index (Phi) is 5.69. The molecule has 0 aliphatic heterocycles. The molecule has 0 radical (unpaired) electrons. The number of aromatic nitrogens is 1. The second-order valence-electron chi connectivity index (χ2n) is 3.82. The number of nitriles is 1. The molecule has 90 valence electrons. The van der Waals surface area contributed by atoms with Gasteiger partial charge in [-0.2, -0.15) is 5.26 Å². The first-order valence-corrected chi connectivity index (χ1v) is 5.51. The maximum absolute atomic E-state index is 10.4. The molecule has 5 heteroatoms. The number of pyridine rings is 1. The average Bonchev–Trinajstić information content (AvgIpc) is 2.34. The van der Waals surface area contributed by atoms with Crippen molar-refractivity contribution in [3.05, 3.63) is 30.1 Å². The molecular formula is C12H15N3O2. The van der Waals surface area contributed by atoms with Crippen molar-refractivity contribution in [1.29, 1.82) is 5.26 Å². The van der Waals surface area contributed by atoms with Gasteiger partial charge in [0.15, 0.2) is 0 Å². The van der Waals surface area contributed by atoms with E-state index >= 15 is 0 Å². The molecule has 0 aliphatic rings. The number of nitrogens with one attached hydrogen (secondary N) is 1. The summed E-state index contributed by atoms with van der Waals surface area (Å²) in [6, 6.07) is 5.86. The Hall–Kier alpha value is -1.93. The minimum atomic E-state index is -1.05.